The van der Waals surface area contributed by atoms with Crippen molar-refractivity contribution in [2.75, 3.05) is 53.5 Å². The number of methoxy groups -OCH3 is 2. The molecule has 30 nitrogen and oxygen atoms in total. The Morgan fingerprint density at radius 3 is 1.10 bits per heavy atom. The molecule has 0 atom stereocenters. The lowest BCUT2D eigenvalue weighted by atomic mass is 9.93. The summed E-state index contributed by atoms with van der Waals surface area (Å²) in [7, 11) is 3.18. The molecule has 10 aromatic rings. The molecule has 0 unspecified atom stereocenters. The molecule has 6 aromatic heterocycles. The van der Waals surface area contributed by atoms with E-state index in [2.05, 4.69) is 48.8 Å². The van der Waals surface area contributed by atoms with Gasteiger partial charge in [0.25, 0.3) is 0 Å². The van der Waals surface area contributed by atoms with E-state index < -0.39 is 35.8 Å². The SMILES string of the molecule is COc1ncnc2c1nc(CC1CCN(CCCn3c(=O)[nH]c4ccccc43)CC1)n2Cc1ccc(F)cc1.COc1ncnc2c1nc(CC1CCN(CCCn3c(=O)[nH]c4ccccc43)CC1)n2Cc1ccc(F)cc1.O=C(O)C=CC(=O)O.O=C(O)C=CC(=O)O.O=C(O)C=CC(=O)O. The summed E-state index contributed by atoms with van der Waals surface area (Å²) in [5.41, 5.74) is 8.35. The number of aromatic amines is 2. The van der Waals surface area contributed by atoms with Gasteiger partial charge in [0.2, 0.25) is 11.8 Å². The fourth-order valence-electron chi connectivity index (χ4n) is 11.7. The highest BCUT2D eigenvalue weighted by Gasteiger charge is 2.26. The molecule has 2 aliphatic heterocycles. The molecule has 32 heteroatoms. The molecule has 0 spiro atoms. The van der Waals surface area contributed by atoms with E-state index in [1.807, 2.05) is 57.7 Å². The summed E-state index contributed by atoms with van der Waals surface area (Å²) in [6.45, 7) is 8.55. The van der Waals surface area contributed by atoms with Crippen molar-refractivity contribution in [1.29, 1.82) is 0 Å². The third-order valence-electron chi connectivity index (χ3n) is 16.6. The van der Waals surface area contributed by atoms with E-state index in [1.54, 1.807) is 38.5 Å². The number of carboxylic acids is 6. The number of nitrogens with zero attached hydrogens (tertiary/aromatic N) is 12. The molecule has 12 rings (SSSR count). The molecule has 536 valence electrons. The number of benzene rings is 4. The zero-order valence-electron chi connectivity index (χ0n) is 55.6. The number of piperidine rings is 2. The second-order valence-corrected chi connectivity index (χ2v) is 23.5. The summed E-state index contributed by atoms with van der Waals surface area (Å²) in [6.07, 6.45) is 14.2. The van der Waals surface area contributed by atoms with Crippen molar-refractivity contribution in [2.24, 2.45) is 11.8 Å². The fourth-order valence-corrected chi connectivity index (χ4v) is 11.7. The Hall–Kier alpha value is -12.1. The summed E-state index contributed by atoms with van der Waals surface area (Å²) in [5.74, 6) is -4.22. The molecule has 8 N–H and O–H groups in total. The van der Waals surface area contributed by atoms with Gasteiger partial charge < -0.3 is 69.0 Å². The van der Waals surface area contributed by atoms with E-state index >= 15 is 0 Å². The molecule has 0 amide bonds. The Balaban J connectivity index is 0.000000196. The van der Waals surface area contributed by atoms with E-state index in [0.29, 0.717) is 97.3 Å². The van der Waals surface area contributed by atoms with Crippen LogP contribution in [0.25, 0.3) is 44.4 Å². The second kappa shape index (κ2) is 37.2. The Kier molecular flexibility index (Phi) is 27.6. The maximum atomic E-state index is 13.5. The maximum absolute atomic E-state index is 13.5. The molecular formula is C70H76F2N14O16. The number of halogens is 2. The average molecular weight is 1410 g/mol. The standard InChI is InChI=1S/2C29H32FN7O2.3C4H4O4/c2*1-39-28-26-27(31-19-32-28)37(18-21-7-9-22(30)10-8-21)25(34-26)17-20-11-15-35(16-12-20)13-4-14-36-24-6-3-2-5-23(24)33-29(36)38;3*5-3(6)1-2-4(7)8/h2*2-3,5-10,19-20H,4,11-18H2,1H3,(H,33,38);3*1-2H,(H,5,6)(H,7,8). The maximum Gasteiger partial charge on any atom is 0.328 e. The number of hydrogen-bond donors (Lipinski definition) is 8. The number of likely N-dealkylation sites (tertiary alicyclic amines) is 2. The number of hydrogen-bond acceptors (Lipinski definition) is 18. The highest BCUT2D eigenvalue weighted by atomic mass is 19.1. The fraction of sp³-hybridized carbons (Fsp3) is 0.314. The van der Waals surface area contributed by atoms with Crippen molar-refractivity contribution in [3.8, 4) is 11.8 Å². The van der Waals surface area contributed by atoms with Crippen LogP contribution in [0.5, 0.6) is 11.8 Å². The number of ether oxygens (including phenoxy) is 2. The Morgan fingerprint density at radius 2 is 0.784 bits per heavy atom. The zero-order chi connectivity index (χ0) is 73.2. The number of aromatic nitrogens is 12. The molecular weight excluding hydrogens is 1330 g/mol. The average Bonchev–Trinajstić information content (AvgIpc) is 1.64. The summed E-state index contributed by atoms with van der Waals surface area (Å²) in [4.78, 5) is 120. The second-order valence-electron chi connectivity index (χ2n) is 23.5. The molecule has 0 radical (unpaired) electrons. The number of rotatable bonds is 24. The van der Waals surface area contributed by atoms with Gasteiger partial charge in [-0.05, 0) is 149 Å². The van der Waals surface area contributed by atoms with Crippen LogP contribution in [-0.4, -0.2) is 188 Å². The van der Waals surface area contributed by atoms with Gasteiger partial charge in [-0.1, -0.05) is 48.5 Å². The number of H-pyrrole nitrogens is 2. The van der Waals surface area contributed by atoms with Gasteiger partial charge in [-0.15, -0.1) is 0 Å². The van der Waals surface area contributed by atoms with Crippen LogP contribution in [0.1, 0.15) is 61.3 Å². The molecule has 0 bridgehead atoms. The summed E-state index contributed by atoms with van der Waals surface area (Å²) in [6, 6.07) is 28.8. The highest BCUT2D eigenvalue weighted by molar-refractivity contribution is 5.91. The Labute approximate surface area is 579 Å². The third-order valence-corrected chi connectivity index (χ3v) is 16.6. The van der Waals surface area contributed by atoms with E-state index in [4.69, 9.17) is 50.1 Å². The van der Waals surface area contributed by atoms with Crippen molar-refractivity contribution in [3.05, 3.63) is 202 Å². The zero-order valence-corrected chi connectivity index (χ0v) is 55.6. The number of aryl methyl sites for hydroxylation is 2. The van der Waals surface area contributed by atoms with Crippen molar-refractivity contribution < 1.29 is 77.7 Å². The molecule has 2 aliphatic rings. The summed E-state index contributed by atoms with van der Waals surface area (Å²) >= 11 is 0. The molecule has 2 fully saturated rings. The molecule has 102 heavy (non-hydrogen) atoms. The van der Waals surface area contributed by atoms with E-state index in [1.165, 1.54) is 36.9 Å². The van der Waals surface area contributed by atoms with Gasteiger partial charge in [-0.2, -0.15) is 9.97 Å². The van der Waals surface area contributed by atoms with Crippen molar-refractivity contribution in [1.82, 2.24) is 67.9 Å². The number of aliphatic carboxylic acids is 6. The highest BCUT2D eigenvalue weighted by Crippen LogP contribution is 2.30. The summed E-state index contributed by atoms with van der Waals surface area (Å²) in [5, 5.41) is 46.9. The Morgan fingerprint density at radius 1 is 0.461 bits per heavy atom. The number of imidazole rings is 4. The van der Waals surface area contributed by atoms with Gasteiger partial charge in [-0.3, -0.25) is 9.13 Å². The lowest BCUT2D eigenvalue weighted by molar-refractivity contribution is -0.134. The van der Waals surface area contributed by atoms with Crippen LogP contribution in [0, 0.1) is 23.5 Å². The molecule has 0 aliphatic carbocycles. The predicted molar refractivity (Wildman–Crippen MR) is 368 cm³/mol. The lowest BCUT2D eigenvalue weighted by Crippen LogP contribution is -2.36. The van der Waals surface area contributed by atoms with Gasteiger partial charge in [-0.25, -0.2) is 67.1 Å². The number of carbonyl (C=O) groups is 6. The van der Waals surface area contributed by atoms with Crippen LogP contribution in [-0.2, 0) is 67.8 Å². The largest absolute Gasteiger partial charge is 0.479 e. The molecule has 4 aromatic carbocycles. The first-order valence-electron chi connectivity index (χ1n) is 32.2. The van der Waals surface area contributed by atoms with E-state index in [9.17, 15) is 47.1 Å². The molecule has 8 heterocycles. The van der Waals surface area contributed by atoms with Gasteiger partial charge in [0.05, 0.1) is 49.4 Å². The number of fused-ring (bicyclic) bond motifs is 4. The van der Waals surface area contributed by atoms with Crippen LogP contribution >= 0.6 is 0 Å². The first-order valence-corrected chi connectivity index (χ1v) is 32.2. The van der Waals surface area contributed by atoms with Crippen molar-refractivity contribution >= 4 is 80.2 Å². The minimum atomic E-state index is -1.26. The van der Waals surface area contributed by atoms with Crippen molar-refractivity contribution in [3.63, 3.8) is 0 Å². The number of nitrogens with one attached hydrogen (secondary N) is 2. The van der Waals surface area contributed by atoms with E-state index in [0.717, 1.165) is 147 Å². The normalized spacial score (nSPS) is 13.6. The van der Waals surface area contributed by atoms with Gasteiger partial charge >= 0.3 is 47.2 Å². The lowest BCUT2D eigenvalue weighted by Gasteiger charge is -2.32. The van der Waals surface area contributed by atoms with Gasteiger partial charge in [0, 0.05) is 62.4 Å². The minimum absolute atomic E-state index is 0.0419. The molecule has 0 saturated carbocycles. The predicted octanol–water partition coefficient (Wildman–Crippen LogP) is 7.16. The third kappa shape index (κ3) is 22.2. The van der Waals surface area contributed by atoms with Crippen LogP contribution in [0.15, 0.2) is 156 Å². The van der Waals surface area contributed by atoms with Crippen molar-refractivity contribution in [2.45, 2.75) is 77.5 Å². The monoisotopic (exact) mass is 1410 g/mol. The van der Waals surface area contributed by atoms with Crippen LogP contribution in [0.2, 0.25) is 0 Å². The van der Waals surface area contributed by atoms with Crippen LogP contribution < -0.4 is 20.9 Å². The summed E-state index contributed by atoms with van der Waals surface area (Å²) < 4.78 is 45.8. The number of carboxylic acid groups (broad SMARTS) is 6. The minimum Gasteiger partial charge on any atom is -0.479 e. The van der Waals surface area contributed by atoms with Gasteiger partial charge in [0.15, 0.2) is 22.3 Å². The first kappa shape index (κ1) is 75.7. The van der Waals surface area contributed by atoms with Gasteiger partial charge in [0.1, 0.15) is 35.9 Å². The first-order chi connectivity index (χ1) is 49.0. The quantitative estimate of drug-likeness (QED) is 0.0278. The van der Waals surface area contributed by atoms with E-state index in [-0.39, 0.29) is 23.0 Å². The topological polar surface area (TPSA) is 412 Å². The van der Waals surface area contributed by atoms with Crippen LogP contribution in [0.3, 0.4) is 0 Å². The Bertz CT molecular complexity index is 4360. The molecule has 2 saturated heterocycles. The number of para-hydroxylation sites is 4. The van der Waals surface area contributed by atoms with Crippen LogP contribution in [0.4, 0.5) is 8.78 Å². The smallest absolute Gasteiger partial charge is 0.328 e.